The summed E-state index contributed by atoms with van der Waals surface area (Å²) in [6, 6.07) is 0. The Kier molecular flexibility index (Phi) is 4.80. The maximum Gasteiger partial charge on any atom is 0.147 e. The molecule has 0 aromatic carbocycles. The molecule has 0 bridgehead atoms. The number of thioether (sulfide) groups is 1. The zero-order valence-corrected chi connectivity index (χ0v) is 12.2. The average molecular weight is 268 g/mol. The van der Waals surface area contributed by atoms with Gasteiger partial charge in [0.1, 0.15) is 5.82 Å². The van der Waals surface area contributed by atoms with Crippen LogP contribution in [0, 0.1) is 5.92 Å². The van der Waals surface area contributed by atoms with Crippen LogP contribution in [0.25, 0.3) is 0 Å². The Balaban J connectivity index is 1.95. The van der Waals surface area contributed by atoms with Gasteiger partial charge in [-0.25, -0.2) is 0 Å². The third-order valence-corrected chi connectivity index (χ3v) is 4.59. The second-order valence-corrected chi connectivity index (χ2v) is 6.24. The summed E-state index contributed by atoms with van der Waals surface area (Å²) < 4.78 is 1.89. The number of nitrogens with zero attached hydrogens (tertiary/aromatic N) is 2. The van der Waals surface area contributed by atoms with E-state index in [0.29, 0.717) is 0 Å². The van der Waals surface area contributed by atoms with Crippen molar-refractivity contribution in [3.05, 3.63) is 5.69 Å². The first-order valence-electron chi connectivity index (χ1n) is 6.85. The van der Waals surface area contributed by atoms with Crippen molar-refractivity contribution in [1.82, 2.24) is 9.78 Å². The van der Waals surface area contributed by atoms with E-state index in [-0.39, 0.29) is 0 Å². The van der Waals surface area contributed by atoms with Gasteiger partial charge in [0, 0.05) is 13.6 Å². The molecule has 18 heavy (non-hydrogen) atoms. The summed E-state index contributed by atoms with van der Waals surface area (Å²) >= 11 is 2.07. The summed E-state index contributed by atoms with van der Waals surface area (Å²) in [6.45, 7) is 3.18. The molecule has 3 N–H and O–H groups in total. The highest BCUT2D eigenvalue weighted by Crippen LogP contribution is 2.26. The van der Waals surface area contributed by atoms with Gasteiger partial charge < -0.3 is 11.1 Å². The summed E-state index contributed by atoms with van der Waals surface area (Å²) in [5, 5.41) is 7.98. The lowest BCUT2D eigenvalue weighted by Gasteiger charge is -2.22. The van der Waals surface area contributed by atoms with Gasteiger partial charge in [-0.15, -0.1) is 0 Å². The van der Waals surface area contributed by atoms with E-state index in [1.807, 2.05) is 11.7 Å². The minimum atomic E-state index is 0.787. The second kappa shape index (κ2) is 6.36. The predicted molar refractivity (Wildman–Crippen MR) is 80.2 cm³/mol. The number of hydrogen-bond acceptors (Lipinski definition) is 4. The van der Waals surface area contributed by atoms with Crippen LogP contribution < -0.4 is 11.1 Å². The minimum absolute atomic E-state index is 0.787. The van der Waals surface area contributed by atoms with E-state index in [9.17, 15) is 0 Å². The van der Waals surface area contributed by atoms with Gasteiger partial charge in [-0.3, -0.25) is 4.68 Å². The molecule has 102 valence electrons. The molecule has 1 aliphatic rings. The number of nitrogen functional groups attached to an aromatic ring is 1. The van der Waals surface area contributed by atoms with Crippen LogP contribution >= 0.6 is 11.8 Å². The Labute approximate surface area is 114 Å². The standard InChI is InChI=1S/C13H24N4S/c1-3-4-11-12(14)13(17(2)16-11)15-9-10-5-7-18-8-6-10/h10,15H,3-9,14H2,1-2H3. The number of nitrogens with two attached hydrogens (primary N) is 1. The molecule has 4 nitrogen and oxygen atoms in total. The van der Waals surface area contributed by atoms with E-state index in [0.717, 1.165) is 42.5 Å². The van der Waals surface area contributed by atoms with Gasteiger partial charge in [-0.1, -0.05) is 13.3 Å². The molecule has 1 fully saturated rings. The molecular weight excluding hydrogens is 244 g/mol. The third kappa shape index (κ3) is 3.13. The third-order valence-electron chi connectivity index (χ3n) is 3.55. The number of anilines is 2. The molecule has 1 aromatic heterocycles. The van der Waals surface area contributed by atoms with E-state index in [2.05, 4.69) is 29.1 Å². The number of aryl methyl sites for hydroxylation is 2. The zero-order chi connectivity index (χ0) is 13.0. The highest BCUT2D eigenvalue weighted by molar-refractivity contribution is 7.99. The van der Waals surface area contributed by atoms with Crippen molar-refractivity contribution in [2.75, 3.05) is 29.1 Å². The maximum atomic E-state index is 6.16. The number of hydrogen-bond donors (Lipinski definition) is 2. The summed E-state index contributed by atoms with van der Waals surface area (Å²) in [5.74, 6) is 4.38. The Morgan fingerprint density at radius 2 is 2.17 bits per heavy atom. The molecule has 1 saturated heterocycles. The van der Waals surface area contributed by atoms with Gasteiger partial charge in [0.2, 0.25) is 0 Å². The van der Waals surface area contributed by atoms with Crippen molar-refractivity contribution in [2.24, 2.45) is 13.0 Å². The topological polar surface area (TPSA) is 55.9 Å². The van der Waals surface area contributed by atoms with E-state index < -0.39 is 0 Å². The van der Waals surface area contributed by atoms with Crippen molar-refractivity contribution in [3.8, 4) is 0 Å². The van der Waals surface area contributed by atoms with Gasteiger partial charge in [0.25, 0.3) is 0 Å². The molecule has 0 atom stereocenters. The first-order chi connectivity index (χ1) is 8.72. The largest absolute Gasteiger partial charge is 0.394 e. The average Bonchev–Trinajstić information content (AvgIpc) is 2.64. The Morgan fingerprint density at radius 1 is 1.44 bits per heavy atom. The van der Waals surface area contributed by atoms with Crippen LogP contribution in [0.4, 0.5) is 11.5 Å². The molecule has 0 unspecified atom stereocenters. The molecule has 2 rings (SSSR count). The van der Waals surface area contributed by atoms with Crippen LogP contribution in [0.1, 0.15) is 31.9 Å². The second-order valence-electron chi connectivity index (χ2n) is 5.02. The van der Waals surface area contributed by atoms with Crippen molar-refractivity contribution in [3.63, 3.8) is 0 Å². The lowest BCUT2D eigenvalue weighted by atomic mass is 10.0. The van der Waals surface area contributed by atoms with Crippen LogP contribution in [-0.4, -0.2) is 27.8 Å². The van der Waals surface area contributed by atoms with Crippen LogP contribution in [0.3, 0.4) is 0 Å². The Hall–Kier alpha value is -0.840. The van der Waals surface area contributed by atoms with Crippen molar-refractivity contribution in [1.29, 1.82) is 0 Å². The summed E-state index contributed by atoms with van der Waals surface area (Å²) in [6.07, 6.45) is 4.68. The quantitative estimate of drug-likeness (QED) is 0.861. The number of nitrogens with one attached hydrogen (secondary N) is 1. The molecular formula is C13H24N4S. The lowest BCUT2D eigenvalue weighted by molar-refractivity contribution is 0.514. The molecule has 0 saturated carbocycles. The fourth-order valence-electron chi connectivity index (χ4n) is 2.42. The SMILES string of the molecule is CCCc1nn(C)c(NCC2CCSCC2)c1N. The Morgan fingerprint density at radius 3 is 2.83 bits per heavy atom. The zero-order valence-electron chi connectivity index (χ0n) is 11.4. The molecule has 1 aliphatic heterocycles. The van der Waals surface area contributed by atoms with Crippen LogP contribution in [0.2, 0.25) is 0 Å². The van der Waals surface area contributed by atoms with E-state index in [1.54, 1.807) is 0 Å². The minimum Gasteiger partial charge on any atom is -0.394 e. The van der Waals surface area contributed by atoms with Gasteiger partial charge in [0.15, 0.2) is 0 Å². The Bertz CT molecular complexity index is 383. The first kappa shape index (κ1) is 13.6. The van der Waals surface area contributed by atoms with E-state index >= 15 is 0 Å². The van der Waals surface area contributed by atoms with Crippen LogP contribution in [0.5, 0.6) is 0 Å². The van der Waals surface area contributed by atoms with Gasteiger partial charge in [0.05, 0.1) is 11.4 Å². The van der Waals surface area contributed by atoms with Gasteiger partial charge in [-0.2, -0.15) is 16.9 Å². The highest BCUT2D eigenvalue weighted by atomic mass is 32.2. The van der Waals surface area contributed by atoms with E-state index in [1.165, 1.54) is 24.3 Å². The molecule has 0 spiro atoms. The lowest BCUT2D eigenvalue weighted by Crippen LogP contribution is -2.20. The highest BCUT2D eigenvalue weighted by Gasteiger charge is 2.16. The number of aromatic nitrogens is 2. The monoisotopic (exact) mass is 268 g/mol. The summed E-state index contributed by atoms with van der Waals surface area (Å²) in [4.78, 5) is 0. The van der Waals surface area contributed by atoms with E-state index in [4.69, 9.17) is 5.73 Å². The first-order valence-corrected chi connectivity index (χ1v) is 8.00. The molecule has 1 aromatic rings. The maximum absolute atomic E-state index is 6.16. The van der Waals surface area contributed by atoms with Gasteiger partial charge in [-0.05, 0) is 36.7 Å². The fourth-order valence-corrected chi connectivity index (χ4v) is 3.62. The van der Waals surface area contributed by atoms with Crippen molar-refractivity contribution in [2.45, 2.75) is 32.6 Å². The molecule has 5 heteroatoms. The molecule has 0 aliphatic carbocycles. The predicted octanol–water partition coefficient (Wildman–Crippen LogP) is 2.51. The van der Waals surface area contributed by atoms with Crippen LogP contribution in [-0.2, 0) is 13.5 Å². The van der Waals surface area contributed by atoms with Crippen molar-refractivity contribution < 1.29 is 0 Å². The van der Waals surface area contributed by atoms with Crippen molar-refractivity contribution >= 4 is 23.3 Å². The molecule has 0 radical (unpaired) electrons. The normalized spacial score (nSPS) is 17.0. The molecule has 0 amide bonds. The molecule has 2 heterocycles. The summed E-state index contributed by atoms with van der Waals surface area (Å²) in [7, 11) is 1.97. The number of rotatable bonds is 5. The van der Waals surface area contributed by atoms with Gasteiger partial charge >= 0.3 is 0 Å². The smallest absolute Gasteiger partial charge is 0.147 e. The summed E-state index contributed by atoms with van der Waals surface area (Å²) in [5.41, 5.74) is 8.02. The fraction of sp³-hybridized carbons (Fsp3) is 0.769. The van der Waals surface area contributed by atoms with Crippen LogP contribution in [0.15, 0.2) is 0 Å².